The van der Waals surface area contributed by atoms with Gasteiger partial charge in [0.05, 0.1) is 6.04 Å². The van der Waals surface area contributed by atoms with E-state index in [1.54, 1.807) is 0 Å². The van der Waals surface area contributed by atoms with Crippen molar-refractivity contribution in [3.05, 3.63) is 71.8 Å². The zero-order valence-electron chi connectivity index (χ0n) is 16.6. The number of piperazine rings is 1. The highest BCUT2D eigenvalue weighted by molar-refractivity contribution is 5.22. The van der Waals surface area contributed by atoms with Crippen LogP contribution in [0.2, 0.25) is 0 Å². The molecule has 3 aromatic rings. The fourth-order valence-corrected chi connectivity index (χ4v) is 4.76. The maximum Gasteiger partial charge on any atom is 0.173 e. The lowest BCUT2D eigenvalue weighted by Crippen LogP contribution is -2.51. The van der Waals surface area contributed by atoms with Crippen LogP contribution >= 0.6 is 0 Å². The van der Waals surface area contributed by atoms with Gasteiger partial charge in [0.15, 0.2) is 5.82 Å². The summed E-state index contributed by atoms with van der Waals surface area (Å²) in [6.07, 6.45) is 7.30. The number of rotatable bonds is 6. The first-order chi connectivity index (χ1) is 14.4. The van der Waals surface area contributed by atoms with Crippen LogP contribution in [-0.2, 0) is 13.0 Å². The molecule has 2 aromatic heterocycles. The number of aryl methyl sites for hydroxylation is 2. The first kappa shape index (κ1) is 18.4. The first-order valence-corrected chi connectivity index (χ1v) is 10.6. The number of pyridine rings is 1. The van der Waals surface area contributed by atoms with Gasteiger partial charge < -0.3 is 0 Å². The summed E-state index contributed by atoms with van der Waals surface area (Å²) in [6.45, 7) is 5.22. The number of aromatic nitrogens is 5. The van der Waals surface area contributed by atoms with Crippen LogP contribution in [-0.4, -0.2) is 67.2 Å². The smallest absolute Gasteiger partial charge is 0.173 e. The lowest BCUT2D eigenvalue weighted by Gasteiger charge is -2.41. The SMILES string of the molecule is c1ccc(CCn2nnnc2C(c2cccnc2)N2CCN3CCCC3C2)cc1. The van der Waals surface area contributed by atoms with Gasteiger partial charge in [-0.05, 0) is 53.4 Å². The molecule has 0 N–H and O–H groups in total. The molecule has 150 valence electrons. The molecule has 29 heavy (non-hydrogen) atoms. The molecule has 1 aromatic carbocycles. The fraction of sp³-hybridized carbons (Fsp3) is 0.455. The Hall–Kier alpha value is -2.64. The van der Waals surface area contributed by atoms with Crippen molar-refractivity contribution in [1.29, 1.82) is 0 Å². The van der Waals surface area contributed by atoms with Gasteiger partial charge in [0, 0.05) is 44.6 Å². The van der Waals surface area contributed by atoms with Gasteiger partial charge in [0.25, 0.3) is 0 Å². The molecular formula is C22H27N7. The minimum Gasteiger partial charge on any atom is -0.298 e. The number of hydrogen-bond acceptors (Lipinski definition) is 6. The highest BCUT2D eigenvalue weighted by Crippen LogP contribution is 2.31. The maximum absolute atomic E-state index is 4.48. The molecule has 0 saturated carbocycles. The molecular weight excluding hydrogens is 362 g/mol. The van der Waals surface area contributed by atoms with Crippen LogP contribution in [0.3, 0.4) is 0 Å². The summed E-state index contributed by atoms with van der Waals surface area (Å²) in [5.41, 5.74) is 2.46. The van der Waals surface area contributed by atoms with Crippen molar-refractivity contribution >= 4 is 0 Å². The number of hydrogen-bond donors (Lipinski definition) is 0. The number of benzene rings is 1. The Labute approximate surface area is 171 Å². The van der Waals surface area contributed by atoms with Crippen LogP contribution < -0.4 is 0 Å². The molecule has 4 heterocycles. The highest BCUT2D eigenvalue weighted by atomic mass is 15.6. The molecule has 2 aliphatic heterocycles. The third kappa shape index (κ3) is 3.93. The molecule has 7 nitrogen and oxygen atoms in total. The average Bonchev–Trinajstić information content (AvgIpc) is 3.43. The van der Waals surface area contributed by atoms with E-state index in [-0.39, 0.29) is 6.04 Å². The summed E-state index contributed by atoms with van der Waals surface area (Å²) in [6, 6.07) is 15.4. The topological polar surface area (TPSA) is 63.0 Å². The zero-order chi connectivity index (χ0) is 19.5. The molecule has 2 fully saturated rings. The second-order valence-corrected chi connectivity index (χ2v) is 8.01. The van der Waals surface area contributed by atoms with Crippen LogP contribution in [0.4, 0.5) is 0 Å². The highest BCUT2D eigenvalue weighted by Gasteiger charge is 2.36. The van der Waals surface area contributed by atoms with Crippen molar-refractivity contribution in [2.45, 2.75) is 37.9 Å². The van der Waals surface area contributed by atoms with Crippen LogP contribution in [0.1, 0.15) is 35.8 Å². The maximum atomic E-state index is 4.48. The third-order valence-electron chi connectivity index (χ3n) is 6.24. The van der Waals surface area contributed by atoms with Gasteiger partial charge in [0.1, 0.15) is 0 Å². The van der Waals surface area contributed by atoms with E-state index in [4.69, 9.17) is 0 Å². The molecule has 2 unspecified atom stereocenters. The zero-order valence-corrected chi connectivity index (χ0v) is 16.6. The Morgan fingerprint density at radius 2 is 1.97 bits per heavy atom. The standard InChI is InChI=1S/C22H27N7/c1-2-6-18(7-3-1)10-13-29-22(24-25-26-29)21(19-8-4-11-23-16-19)28-15-14-27-12-5-9-20(27)17-28/h1-4,6-8,11,16,20-21H,5,9-10,12-15,17H2. The van der Waals surface area contributed by atoms with Crippen LogP contribution in [0.25, 0.3) is 0 Å². The molecule has 7 heteroatoms. The van der Waals surface area contributed by atoms with E-state index in [2.05, 4.69) is 60.6 Å². The van der Waals surface area contributed by atoms with Crippen LogP contribution in [0.5, 0.6) is 0 Å². The summed E-state index contributed by atoms with van der Waals surface area (Å²) in [5.74, 6) is 0.917. The molecule has 5 rings (SSSR count). The van der Waals surface area contributed by atoms with E-state index in [1.165, 1.54) is 24.9 Å². The van der Waals surface area contributed by atoms with E-state index < -0.39 is 0 Å². The summed E-state index contributed by atoms with van der Waals surface area (Å²) in [5, 5.41) is 12.9. The van der Waals surface area contributed by atoms with E-state index >= 15 is 0 Å². The second kappa shape index (κ2) is 8.39. The predicted molar refractivity (Wildman–Crippen MR) is 110 cm³/mol. The fourth-order valence-electron chi connectivity index (χ4n) is 4.76. The molecule has 0 aliphatic carbocycles. The van der Waals surface area contributed by atoms with E-state index in [9.17, 15) is 0 Å². The average molecular weight is 390 g/mol. The van der Waals surface area contributed by atoms with Crippen molar-refractivity contribution < 1.29 is 0 Å². The van der Waals surface area contributed by atoms with Gasteiger partial charge in [-0.2, -0.15) is 0 Å². The van der Waals surface area contributed by atoms with Gasteiger partial charge in [-0.3, -0.25) is 14.8 Å². The quantitative estimate of drug-likeness (QED) is 0.644. The lowest BCUT2D eigenvalue weighted by atomic mass is 10.0. The summed E-state index contributed by atoms with van der Waals surface area (Å²) >= 11 is 0. The van der Waals surface area contributed by atoms with Crippen molar-refractivity contribution in [3.8, 4) is 0 Å². The summed E-state index contributed by atoms with van der Waals surface area (Å²) < 4.78 is 1.98. The Morgan fingerprint density at radius 1 is 1.03 bits per heavy atom. The van der Waals surface area contributed by atoms with E-state index in [1.807, 2.05) is 29.2 Å². The van der Waals surface area contributed by atoms with Crippen molar-refractivity contribution in [2.75, 3.05) is 26.2 Å². The monoisotopic (exact) mass is 389 g/mol. The van der Waals surface area contributed by atoms with Crippen LogP contribution in [0.15, 0.2) is 54.9 Å². The number of nitrogens with zero attached hydrogens (tertiary/aromatic N) is 7. The normalized spacial score (nSPS) is 21.2. The summed E-state index contributed by atoms with van der Waals surface area (Å²) in [4.78, 5) is 9.57. The minimum absolute atomic E-state index is 0.0391. The minimum atomic E-state index is 0.0391. The van der Waals surface area contributed by atoms with Gasteiger partial charge in [-0.1, -0.05) is 36.4 Å². The molecule has 2 aliphatic rings. The molecule has 0 spiro atoms. The predicted octanol–water partition coefficient (Wildman–Crippen LogP) is 2.18. The van der Waals surface area contributed by atoms with Gasteiger partial charge in [-0.15, -0.1) is 5.10 Å². The molecule has 0 bridgehead atoms. The number of tetrazole rings is 1. The molecule has 0 radical (unpaired) electrons. The van der Waals surface area contributed by atoms with Crippen molar-refractivity contribution in [3.63, 3.8) is 0 Å². The Morgan fingerprint density at radius 3 is 2.83 bits per heavy atom. The van der Waals surface area contributed by atoms with Gasteiger partial charge in [0.2, 0.25) is 0 Å². The van der Waals surface area contributed by atoms with E-state index in [0.29, 0.717) is 6.04 Å². The first-order valence-electron chi connectivity index (χ1n) is 10.6. The Bertz CT molecular complexity index is 911. The second-order valence-electron chi connectivity index (χ2n) is 8.01. The molecule has 2 saturated heterocycles. The van der Waals surface area contributed by atoms with Crippen LogP contribution in [0, 0.1) is 0 Å². The van der Waals surface area contributed by atoms with Crippen molar-refractivity contribution in [1.82, 2.24) is 35.0 Å². The van der Waals surface area contributed by atoms with E-state index in [0.717, 1.165) is 44.0 Å². The summed E-state index contributed by atoms with van der Waals surface area (Å²) in [7, 11) is 0. The van der Waals surface area contributed by atoms with Crippen molar-refractivity contribution in [2.24, 2.45) is 0 Å². The van der Waals surface area contributed by atoms with Gasteiger partial charge >= 0.3 is 0 Å². The Balaban J connectivity index is 1.42. The number of fused-ring (bicyclic) bond motifs is 1. The van der Waals surface area contributed by atoms with Gasteiger partial charge in [-0.25, -0.2) is 4.68 Å². The Kier molecular flexibility index (Phi) is 5.32. The largest absolute Gasteiger partial charge is 0.298 e. The molecule has 2 atom stereocenters. The lowest BCUT2D eigenvalue weighted by molar-refractivity contribution is 0.0791. The third-order valence-corrected chi connectivity index (χ3v) is 6.24. The molecule has 0 amide bonds.